The zero-order chi connectivity index (χ0) is 14.5. The molecule has 0 atom stereocenters. The van der Waals surface area contributed by atoms with Crippen molar-refractivity contribution in [3.8, 4) is 0 Å². The summed E-state index contributed by atoms with van der Waals surface area (Å²) in [6, 6.07) is 2.62. The Bertz CT molecular complexity index is 648. The van der Waals surface area contributed by atoms with Crippen LogP contribution in [0.2, 0.25) is 0 Å². The van der Waals surface area contributed by atoms with Crippen molar-refractivity contribution in [2.45, 2.75) is 0 Å². The monoisotopic (exact) mass is 276 g/mol. The van der Waals surface area contributed by atoms with E-state index in [1.165, 1.54) is 24.8 Å². The number of halogens is 1. The summed E-state index contributed by atoms with van der Waals surface area (Å²) in [6.45, 7) is 0. The van der Waals surface area contributed by atoms with Crippen LogP contribution in [0.1, 0.15) is 10.4 Å². The SMILES string of the molecule is O=C(Nc1cncnc1)Nc1ccc(F)c(C(=O)O)c1. The fourth-order valence-electron chi connectivity index (χ4n) is 1.42. The maximum absolute atomic E-state index is 13.2. The first kappa shape index (κ1) is 13.4. The lowest BCUT2D eigenvalue weighted by Crippen LogP contribution is -2.20. The van der Waals surface area contributed by atoms with Crippen LogP contribution in [0.25, 0.3) is 0 Å². The average Bonchev–Trinajstić information content (AvgIpc) is 2.41. The fourth-order valence-corrected chi connectivity index (χ4v) is 1.42. The van der Waals surface area contributed by atoms with Gasteiger partial charge in [0.15, 0.2) is 0 Å². The summed E-state index contributed by atoms with van der Waals surface area (Å²) >= 11 is 0. The van der Waals surface area contributed by atoms with Gasteiger partial charge < -0.3 is 15.7 Å². The van der Waals surface area contributed by atoms with Crippen molar-refractivity contribution in [3.63, 3.8) is 0 Å². The Morgan fingerprint density at radius 1 is 1.10 bits per heavy atom. The van der Waals surface area contributed by atoms with Crippen LogP contribution in [0.3, 0.4) is 0 Å². The molecule has 0 unspecified atom stereocenters. The summed E-state index contributed by atoms with van der Waals surface area (Å²) in [7, 11) is 0. The second-order valence-corrected chi connectivity index (χ2v) is 3.71. The van der Waals surface area contributed by atoms with Crippen LogP contribution in [-0.2, 0) is 0 Å². The van der Waals surface area contributed by atoms with Gasteiger partial charge in [0.25, 0.3) is 0 Å². The summed E-state index contributed by atoms with van der Waals surface area (Å²) in [5.41, 5.74) is -0.00503. The Labute approximate surface area is 112 Å². The first-order chi connectivity index (χ1) is 9.56. The van der Waals surface area contributed by atoms with Crippen molar-refractivity contribution in [3.05, 3.63) is 48.3 Å². The summed E-state index contributed by atoms with van der Waals surface area (Å²) in [4.78, 5) is 29.8. The second kappa shape index (κ2) is 5.74. The van der Waals surface area contributed by atoms with Gasteiger partial charge in [-0.3, -0.25) is 0 Å². The number of amides is 2. The highest BCUT2D eigenvalue weighted by Crippen LogP contribution is 2.15. The van der Waals surface area contributed by atoms with Gasteiger partial charge in [-0.05, 0) is 18.2 Å². The minimum absolute atomic E-state index is 0.151. The lowest BCUT2D eigenvalue weighted by atomic mass is 10.2. The van der Waals surface area contributed by atoms with Crippen molar-refractivity contribution in [1.29, 1.82) is 0 Å². The predicted molar refractivity (Wildman–Crippen MR) is 68.0 cm³/mol. The molecule has 0 radical (unpaired) electrons. The minimum atomic E-state index is -1.41. The number of carboxylic acids is 1. The molecule has 0 aliphatic heterocycles. The molecule has 8 heteroatoms. The van der Waals surface area contributed by atoms with Gasteiger partial charge in [-0.1, -0.05) is 0 Å². The van der Waals surface area contributed by atoms with Gasteiger partial charge in [-0.25, -0.2) is 23.9 Å². The molecule has 0 aliphatic carbocycles. The number of nitrogens with one attached hydrogen (secondary N) is 2. The lowest BCUT2D eigenvalue weighted by molar-refractivity contribution is 0.0692. The highest BCUT2D eigenvalue weighted by atomic mass is 19.1. The van der Waals surface area contributed by atoms with E-state index in [-0.39, 0.29) is 5.69 Å². The van der Waals surface area contributed by atoms with Gasteiger partial charge in [-0.15, -0.1) is 0 Å². The van der Waals surface area contributed by atoms with Gasteiger partial charge in [0.05, 0.1) is 23.6 Å². The van der Waals surface area contributed by atoms with Gasteiger partial charge >= 0.3 is 12.0 Å². The number of carbonyl (C=O) groups is 2. The molecule has 0 fully saturated rings. The van der Waals surface area contributed by atoms with E-state index < -0.39 is 23.4 Å². The fraction of sp³-hybridized carbons (Fsp3) is 0. The number of aromatic carboxylic acids is 1. The maximum atomic E-state index is 13.2. The highest BCUT2D eigenvalue weighted by molar-refractivity contribution is 6.00. The van der Waals surface area contributed by atoms with Crippen molar-refractivity contribution < 1.29 is 19.1 Å². The first-order valence-electron chi connectivity index (χ1n) is 5.42. The molecule has 3 N–H and O–H groups in total. The van der Waals surface area contributed by atoms with Crippen LogP contribution in [0.4, 0.5) is 20.6 Å². The smallest absolute Gasteiger partial charge is 0.338 e. The van der Waals surface area contributed by atoms with Crippen LogP contribution in [0.15, 0.2) is 36.9 Å². The largest absolute Gasteiger partial charge is 0.478 e. The molecule has 0 saturated heterocycles. The van der Waals surface area contributed by atoms with E-state index in [4.69, 9.17) is 5.11 Å². The molecule has 2 amide bonds. The minimum Gasteiger partial charge on any atom is -0.478 e. The number of hydrogen-bond donors (Lipinski definition) is 3. The first-order valence-corrected chi connectivity index (χ1v) is 5.42. The molecule has 0 saturated carbocycles. The third kappa shape index (κ3) is 3.25. The molecule has 0 bridgehead atoms. The number of benzene rings is 1. The second-order valence-electron chi connectivity index (χ2n) is 3.71. The number of carboxylic acid groups (broad SMARTS) is 1. The predicted octanol–water partition coefficient (Wildman–Crippen LogP) is 1.96. The van der Waals surface area contributed by atoms with Crippen LogP contribution in [-0.4, -0.2) is 27.1 Å². The van der Waals surface area contributed by atoms with Crippen molar-refractivity contribution >= 4 is 23.4 Å². The normalized spacial score (nSPS) is 9.85. The van der Waals surface area contributed by atoms with E-state index in [0.717, 1.165) is 12.1 Å². The highest BCUT2D eigenvalue weighted by Gasteiger charge is 2.12. The standard InChI is InChI=1S/C12H9FN4O3/c13-10-2-1-7(3-9(10)11(18)19)16-12(20)17-8-4-14-6-15-5-8/h1-6H,(H,18,19)(H2,16,17,20). The molecule has 7 nitrogen and oxygen atoms in total. The number of anilines is 2. The molecule has 102 valence electrons. The van der Waals surface area contributed by atoms with Crippen molar-refractivity contribution in [2.75, 3.05) is 10.6 Å². The molecule has 0 aliphatic rings. The third-order valence-corrected chi connectivity index (χ3v) is 2.27. The Morgan fingerprint density at radius 3 is 2.40 bits per heavy atom. The van der Waals surface area contributed by atoms with E-state index >= 15 is 0 Å². The van der Waals surface area contributed by atoms with Gasteiger partial charge in [0.2, 0.25) is 0 Å². The lowest BCUT2D eigenvalue weighted by Gasteiger charge is -2.08. The Morgan fingerprint density at radius 2 is 1.75 bits per heavy atom. The Balaban J connectivity index is 2.08. The van der Waals surface area contributed by atoms with Crippen molar-refractivity contribution in [2.24, 2.45) is 0 Å². The van der Waals surface area contributed by atoms with E-state index in [1.54, 1.807) is 0 Å². The molecule has 1 aromatic heterocycles. The molecule has 1 aromatic carbocycles. The number of nitrogens with zero attached hydrogens (tertiary/aromatic N) is 2. The third-order valence-electron chi connectivity index (χ3n) is 2.27. The van der Waals surface area contributed by atoms with E-state index in [9.17, 15) is 14.0 Å². The number of carbonyl (C=O) groups excluding carboxylic acids is 1. The maximum Gasteiger partial charge on any atom is 0.338 e. The van der Waals surface area contributed by atoms with E-state index in [0.29, 0.717) is 5.69 Å². The van der Waals surface area contributed by atoms with Gasteiger partial charge in [0.1, 0.15) is 12.1 Å². The molecular weight excluding hydrogens is 267 g/mol. The van der Waals surface area contributed by atoms with Crippen LogP contribution >= 0.6 is 0 Å². The zero-order valence-corrected chi connectivity index (χ0v) is 10.0. The van der Waals surface area contributed by atoms with Gasteiger partial charge in [-0.2, -0.15) is 0 Å². The summed E-state index contributed by atoms with van der Waals surface area (Å²) in [5.74, 6) is -2.29. The molecule has 2 rings (SSSR count). The quantitative estimate of drug-likeness (QED) is 0.794. The summed E-state index contributed by atoms with van der Waals surface area (Å²) in [6.07, 6.45) is 4.09. The Kier molecular flexibility index (Phi) is 3.85. The Hall–Kier alpha value is -3.03. The van der Waals surface area contributed by atoms with Crippen molar-refractivity contribution in [1.82, 2.24) is 9.97 Å². The topological polar surface area (TPSA) is 104 Å². The number of hydrogen-bond acceptors (Lipinski definition) is 4. The zero-order valence-electron chi connectivity index (χ0n) is 10.0. The average molecular weight is 276 g/mol. The molecule has 20 heavy (non-hydrogen) atoms. The molecular formula is C12H9FN4O3. The summed E-state index contributed by atoms with van der Waals surface area (Å²) in [5, 5.41) is 13.6. The molecule has 2 aromatic rings. The number of urea groups is 1. The number of aromatic nitrogens is 2. The van der Waals surface area contributed by atoms with Gasteiger partial charge in [0, 0.05) is 5.69 Å². The summed E-state index contributed by atoms with van der Waals surface area (Å²) < 4.78 is 13.2. The van der Waals surface area contributed by atoms with Crippen LogP contribution < -0.4 is 10.6 Å². The molecule has 0 spiro atoms. The van der Waals surface area contributed by atoms with Crippen LogP contribution in [0.5, 0.6) is 0 Å². The van der Waals surface area contributed by atoms with Crippen LogP contribution in [0, 0.1) is 5.82 Å². The van der Waals surface area contributed by atoms with E-state index in [1.807, 2.05) is 0 Å². The van der Waals surface area contributed by atoms with E-state index in [2.05, 4.69) is 20.6 Å². The molecule has 1 heterocycles. The number of rotatable bonds is 3.